The molecule has 3 heteroatoms. The number of thiophene rings is 1. The van der Waals surface area contributed by atoms with Crippen molar-refractivity contribution in [1.29, 1.82) is 0 Å². The minimum atomic E-state index is 0.493. The van der Waals surface area contributed by atoms with Crippen LogP contribution in [-0.2, 0) is 12.8 Å². The predicted molar refractivity (Wildman–Crippen MR) is 89.2 cm³/mol. The SMILES string of the molecule is CCCNC(Cc1ccsc1)C1COc2ccccc2C1. The van der Waals surface area contributed by atoms with Gasteiger partial charge in [0.1, 0.15) is 5.75 Å². The molecule has 112 valence electrons. The van der Waals surface area contributed by atoms with Gasteiger partial charge in [-0.05, 0) is 59.8 Å². The summed E-state index contributed by atoms with van der Waals surface area (Å²) in [6.45, 7) is 4.12. The molecule has 1 aromatic carbocycles. The van der Waals surface area contributed by atoms with Gasteiger partial charge in [-0.15, -0.1) is 0 Å². The molecule has 0 saturated heterocycles. The van der Waals surface area contributed by atoms with Gasteiger partial charge in [0.15, 0.2) is 0 Å². The maximum atomic E-state index is 5.98. The predicted octanol–water partition coefficient (Wildman–Crippen LogP) is 3.91. The monoisotopic (exact) mass is 301 g/mol. The molecule has 0 spiro atoms. The van der Waals surface area contributed by atoms with Gasteiger partial charge in [0.25, 0.3) is 0 Å². The molecular formula is C18H23NOS. The maximum Gasteiger partial charge on any atom is 0.122 e. The second kappa shape index (κ2) is 7.10. The van der Waals surface area contributed by atoms with E-state index in [1.807, 2.05) is 0 Å². The lowest BCUT2D eigenvalue weighted by Crippen LogP contribution is -2.43. The highest BCUT2D eigenvalue weighted by Crippen LogP contribution is 2.29. The van der Waals surface area contributed by atoms with Crippen molar-refractivity contribution in [2.75, 3.05) is 13.2 Å². The van der Waals surface area contributed by atoms with Gasteiger partial charge in [-0.3, -0.25) is 0 Å². The molecule has 1 N–H and O–H groups in total. The number of rotatable bonds is 6. The van der Waals surface area contributed by atoms with Crippen molar-refractivity contribution in [2.45, 2.75) is 32.2 Å². The largest absolute Gasteiger partial charge is 0.493 e. The first-order chi connectivity index (χ1) is 10.4. The van der Waals surface area contributed by atoms with E-state index in [1.54, 1.807) is 11.3 Å². The second-order valence-electron chi connectivity index (χ2n) is 5.78. The Hall–Kier alpha value is -1.32. The lowest BCUT2D eigenvalue weighted by molar-refractivity contribution is 0.183. The van der Waals surface area contributed by atoms with Crippen LogP contribution in [0.15, 0.2) is 41.1 Å². The highest BCUT2D eigenvalue weighted by molar-refractivity contribution is 7.07. The molecular weight excluding hydrogens is 278 g/mol. The molecule has 2 unspecified atom stereocenters. The summed E-state index contributed by atoms with van der Waals surface area (Å²) in [5, 5.41) is 8.16. The number of benzene rings is 1. The Morgan fingerprint density at radius 3 is 3.05 bits per heavy atom. The van der Waals surface area contributed by atoms with Crippen molar-refractivity contribution < 1.29 is 4.74 Å². The molecule has 2 atom stereocenters. The second-order valence-corrected chi connectivity index (χ2v) is 6.56. The Kier molecular flexibility index (Phi) is 4.94. The van der Waals surface area contributed by atoms with Crippen LogP contribution < -0.4 is 10.1 Å². The summed E-state index contributed by atoms with van der Waals surface area (Å²) in [7, 11) is 0. The molecule has 1 aliphatic rings. The van der Waals surface area contributed by atoms with Gasteiger partial charge < -0.3 is 10.1 Å². The van der Waals surface area contributed by atoms with Crippen LogP contribution in [0.3, 0.4) is 0 Å². The van der Waals surface area contributed by atoms with E-state index in [-0.39, 0.29) is 0 Å². The average molecular weight is 301 g/mol. The highest BCUT2D eigenvalue weighted by Gasteiger charge is 2.27. The van der Waals surface area contributed by atoms with E-state index in [1.165, 1.54) is 17.5 Å². The van der Waals surface area contributed by atoms with E-state index in [4.69, 9.17) is 4.74 Å². The fourth-order valence-corrected chi connectivity index (χ4v) is 3.69. The van der Waals surface area contributed by atoms with Gasteiger partial charge in [-0.25, -0.2) is 0 Å². The molecule has 21 heavy (non-hydrogen) atoms. The van der Waals surface area contributed by atoms with E-state index < -0.39 is 0 Å². The summed E-state index contributed by atoms with van der Waals surface area (Å²) >= 11 is 1.78. The van der Waals surface area contributed by atoms with Gasteiger partial charge in [0.2, 0.25) is 0 Å². The first-order valence-corrected chi connectivity index (χ1v) is 8.76. The standard InChI is InChI=1S/C18H23NOS/c1-2-8-19-17(10-14-7-9-21-13-14)16-11-15-5-3-4-6-18(15)20-12-16/h3-7,9,13,16-17,19H,2,8,10-12H2,1H3. The van der Waals surface area contributed by atoms with Crippen LogP contribution in [0.25, 0.3) is 0 Å². The van der Waals surface area contributed by atoms with E-state index in [2.05, 4.69) is 53.3 Å². The van der Waals surface area contributed by atoms with Gasteiger partial charge in [-0.1, -0.05) is 25.1 Å². The van der Waals surface area contributed by atoms with Crippen LogP contribution >= 0.6 is 11.3 Å². The summed E-state index contributed by atoms with van der Waals surface area (Å²) in [5.74, 6) is 1.62. The molecule has 1 aromatic heterocycles. The summed E-state index contributed by atoms with van der Waals surface area (Å²) in [6, 6.07) is 11.2. The van der Waals surface area contributed by atoms with E-state index in [0.717, 1.165) is 31.7 Å². The van der Waals surface area contributed by atoms with Crippen molar-refractivity contribution in [3.63, 3.8) is 0 Å². The number of ether oxygens (including phenoxy) is 1. The Bertz CT molecular complexity index is 552. The molecule has 2 heterocycles. The van der Waals surface area contributed by atoms with E-state index in [0.29, 0.717) is 12.0 Å². The Labute approximate surface area is 131 Å². The molecule has 0 fully saturated rings. The third-order valence-corrected chi connectivity index (χ3v) is 4.90. The van der Waals surface area contributed by atoms with Crippen molar-refractivity contribution in [3.05, 3.63) is 52.2 Å². The minimum absolute atomic E-state index is 0.493. The molecule has 0 bridgehead atoms. The fourth-order valence-electron chi connectivity index (χ4n) is 3.01. The van der Waals surface area contributed by atoms with Gasteiger partial charge >= 0.3 is 0 Å². The summed E-state index contributed by atoms with van der Waals surface area (Å²) in [4.78, 5) is 0. The molecule has 2 nitrogen and oxygen atoms in total. The van der Waals surface area contributed by atoms with Crippen LogP contribution in [0.4, 0.5) is 0 Å². The number of hydrogen-bond donors (Lipinski definition) is 1. The van der Waals surface area contributed by atoms with Crippen LogP contribution in [0.5, 0.6) is 5.75 Å². The smallest absolute Gasteiger partial charge is 0.122 e. The van der Waals surface area contributed by atoms with Gasteiger partial charge in [0, 0.05) is 12.0 Å². The van der Waals surface area contributed by atoms with Crippen LogP contribution in [0.1, 0.15) is 24.5 Å². The van der Waals surface area contributed by atoms with Gasteiger partial charge in [0.05, 0.1) is 6.61 Å². The third-order valence-electron chi connectivity index (χ3n) is 4.17. The summed E-state index contributed by atoms with van der Waals surface area (Å²) < 4.78 is 5.98. The molecule has 2 aromatic rings. The Balaban J connectivity index is 1.71. The lowest BCUT2D eigenvalue weighted by atomic mass is 9.87. The normalized spacial score (nSPS) is 18.8. The van der Waals surface area contributed by atoms with Gasteiger partial charge in [-0.2, -0.15) is 11.3 Å². The average Bonchev–Trinajstić information content (AvgIpc) is 3.04. The maximum absolute atomic E-state index is 5.98. The third kappa shape index (κ3) is 3.66. The lowest BCUT2D eigenvalue weighted by Gasteiger charge is -2.32. The quantitative estimate of drug-likeness (QED) is 0.873. The number of hydrogen-bond acceptors (Lipinski definition) is 3. The number of fused-ring (bicyclic) bond motifs is 1. The molecule has 0 amide bonds. The highest BCUT2D eigenvalue weighted by atomic mass is 32.1. The van der Waals surface area contributed by atoms with Crippen molar-refractivity contribution in [2.24, 2.45) is 5.92 Å². The number of nitrogens with one attached hydrogen (secondary N) is 1. The summed E-state index contributed by atoms with van der Waals surface area (Å²) in [6.07, 6.45) is 3.38. The molecule has 0 aliphatic carbocycles. The Morgan fingerprint density at radius 1 is 1.33 bits per heavy atom. The van der Waals surface area contributed by atoms with Crippen molar-refractivity contribution in [3.8, 4) is 5.75 Å². The zero-order chi connectivity index (χ0) is 14.5. The van der Waals surface area contributed by atoms with Crippen LogP contribution in [-0.4, -0.2) is 19.2 Å². The van der Waals surface area contributed by atoms with Crippen LogP contribution in [0.2, 0.25) is 0 Å². The summed E-state index contributed by atoms with van der Waals surface area (Å²) in [5.41, 5.74) is 2.79. The first-order valence-electron chi connectivity index (χ1n) is 7.82. The van der Waals surface area contributed by atoms with E-state index in [9.17, 15) is 0 Å². The number of para-hydroxylation sites is 1. The molecule has 1 aliphatic heterocycles. The zero-order valence-electron chi connectivity index (χ0n) is 12.5. The van der Waals surface area contributed by atoms with Crippen LogP contribution in [0, 0.1) is 5.92 Å². The fraction of sp³-hybridized carbons (Fsp3) is 0.444. The molecule has 3 rings (SSSR count). The van der Waals surface area contributed by atoms with Crippen molar-refractivity contribution >= 4 is 11.3 Å². The first kappa shape index (κ1) is 14.6. The Morgan fingerprint density at radius 2 is 2.24 bits per heavy atom. The van der Waals surface area contributed by atoms with Crippen molar-refractivity contribution in [1.82, 2.24) is 5.32 Å². The van der Waals surface area contributed by atoms with E-state index >= 15 is 0 Å². The molecule has 0 radical (unpaired) electrons. The topological polar surface area (TPSA) is 21.3 Å². The minimum Gasteiger partial charge on any atom is -0.493 e. The molecule has 0 saturated carbocycles. The zero-order valence-corrected chi connectivity index (χ0v) is 13.4.